The van der Waals surface area contributed by atoms with Crippen molar-refractivity contribution in [1.82, 2.24) is 9.88 Å². The summed E-state index contributed by atoms with van der Waals surface area (Å²) in [6.07, 6.45) is 1.75. The summed E-state index contributed by atoms with van der Waals surface area (Å²) in [4.78, 5) is 31.3. The molecule has 21 heavy (non-hydrogen) atoms. The first-order valence-electron chi connectivity index (χ1n) is 7.33. The Kier molecular flexibility index (Phi) is 3.24. The van der Waals surface area contributed by atoms with Crippen LogP contribution < -0.4 is 0 Å². The van der Waals surface area contributed by atoms with Crippen LogP contribution in [0, 0.1) is 6.92 Å². The van der Waals surface area contributed by atoms with Crippen molar-refractivity contribution in [2.75, 3.05) is 0 Å². The van der Waals surface area contributed by atoms with Gasteiger partial charge in [0.15, 0.2) is 0 Å². The van der Waals surface area contributed by atoms with Gasteiger partial charge in [-0.3, -0.25) is 19.5 Å². The lowest BCUT2D eigenvalue weighted by atomic mass is 10.0. The third-order valence-electron chi connectivity index (χ3n) is 4.09. The van der Waals surface area contributed by atoms with Crippen molar-refractivity contribution in [3.63, 3.8) is 0 Å². The topological polar surface area (TPSA) is 50.3 Å². The van der Waals surface area contributed by atoms with Crippen molar-refractivity contribution in [2.24, 2.45) is 0 Å². The first-order chi connectivity index (χ1) is 10.1. The number of benzene rings is 1. The molecule has 2 heterocycles. The summed E-state index contributed by atoms with van der Waals surface area (Å²) in [5.41, 5.74) is 2.39. The van der Waals surface area contributed by atoms with Crippen molar-refractivity contribution in [3.05, 3.63) is 41.1 Å². The van der Waals surface area contributed by atoms with Crippen LogP contribution in [0.15, 0.2) is 24.3 Å². The van der Waals surface area contributed by atoms with Crippen LogP contribution >= 0.6 is 0 Å². The zero-order chi connectivity index (χ0) is 15.1. The number of rotatable bonds is 3. The average molecular weight is 282 g/mol. The van der Waals surface area contributed by atoms with E-state index in [0.29, 0.717) is 16.8 Å². The molecular formula is C17H18N2O2. The van der Waals surface area contributed by atoms with Gasteiger partial charge >= 0.3 is 0 Å². The Morgan fingerprint density at radius 1 is 1.14 bits per heavy atom. The normalized spacial score (nSPS) is 15.7. The van der Waals surface area contributed by atoms with Crippen molar-refractivity contribution >= 4 is 22.7 Å². The second-order valence-electron chi connectivity index (χ2n) is 5.58. The van der Waals surface area contributed by atoms with Crippen LogP contribution in [0.5, 0.6) is 0 Å². The van der Waals surface area contributed by atoms with Gasteiger partial charge in [0.25, 0.3) is 11.8 Å². The minimum absolute atomic E-state index is 0.0828. The van der Waals surface area contributed by atoms with Gasteiger partial charge in [0.1, 0.15) is 0 Å². The molecule has 0 bridgehead atoms. The second-order valence-corrected chi connectivity index (χ2v) is 5.58. The van der Waals surface area contributed by atoms with E-state index in [2.05, 4.69) is 11.9 Å². The molecule has 4 nitrogen and oxygen atoms in total. The zero-order valence-corrected chi connectivity index (χ0v) is 12.5. The van der Waals surface area contributed by atoms with Crippen LogP contribution in [0.25, 0.3) is 10.9 Å². The maximum Gasteiger partial charge on any atom is 0.263 e. The number of aryl methyl sites for hydroxylation is 1. The summed E-state index contributed by atoms with van der Waals surface area (Å²) in [5, 5.41) is 0.766. The van der Waals surface area contributed by atoms with Crippen molar-refractivity contribution < 1.29 is 9.59 Å². The average Bonchev–Trinajstić information content (AvgIpc) is 2.72. The lowest BCUT2D eigenvalue weighted by molar-refractivity contribution is 0.0590. The second kappa shape index (κ2) is 4.95. The van der Waals surface area contributed by atoms with Gasteiger partial charge in [-0.1, -0.05) is 31.5 Å². The van der Waals surface area contributed by atoms with Gasteiger partial charge < -0.3 is 0 Å². The first kappa shape index (κ1) is 13.7. The van der Waals surface area contributed by atoms with Gasteiger partial charge in [0, 0.05) is 11.4 Å². The maximum absolute atomic E-state index is 12.8. The summed E-state index contributed by atoms with van der Waals surface area (Å²) in [6.45, 7) is 5.78. The minimum atomic E-state index is -0.202. The molecule has 0 N–H and O–H groups in total. The molecule has 1 aliphatic rings. The number of carbonyl (C=O) groups is 2. The Bertz CT molecular complexity index is 752. The third kappa shape index (κ3) is 1.94. The fourth-order valence-corrected chi connectivity index (χ4v) is 3.10. The molecule has 4 heteroatoms. The van der Waals surface area contributed by atoms with E-state index in [1.165, 1.54) is 4.90 Å². The number of aromatic nitrogens is 1. The zero-order valence-electron chi connectivity index (χ0n) is 12.5. The van der Waals surface area contributed by atoms with Gasteiger partial charge in [0.2, 0.25) is 0 Å². The van der Waals surface area contributed by atoms with E-state index >= 15 is 0 Å². The minimum Gasteiger partial charge on any atom is -0.271 e. The van der Waals surface area contributed by atoms with E-state index in [9.17, 15) is 9.59 Å². The Balaban J connectivity index is 2.23. The highest BCUT2D eigenvalue weighted by Crippen LogP contribution is 2.32. The van der Waals surface area contributed by atoms with Crippen molar-refractivity contribution in [2.45, 2.75) is 39.7 Å². The molecule has 0 radical (unpaired) electrons. The van der Waals surface area contributed by atoms with Gasteiger partial charge in [-0.2, -0.15) is 0 Å². The molecule has 0 saturated heterocycles. The number of imide groups is 1. The summed E-state index contributed by atoms with van der Waals surface area (Å²) in [7, 11) is 0. The van der Waals surface area contributed by atoms with Crippen LogP contribution in [0.3, 0.4) is 0 Å². The van der Waals surface area contributed by atoms with Crippen molar-refractivity contribution in [3.8, 4) is 0 Å². The lowest BCUT2D eigenvalue weighted by Crippen LogP contribution is -2.37. The molecule has 2 amide bonds. The lowest BCUT2D eigenvalue weighted by Gasteiger charge is -2.21. The number of hydrogen-bond donors (Lipinski definition) is 0. The number of amides is 2. The van der Waals surface area contributed by atoms with E-state index in [4.69, 9.17) is 0 Å². The van der Waals surface area contributed by atoms with Crippen molar-refractivity contribution in [1.29, 1.82) is 0 Å². The molecule has 1 aromatic carbocycles. The Hall–Kier alpha value is -2.23. The molecule has 1 atom stereocenters. The van der Waals surface area contributed by atoms with Crippen LogP contribution in [-0.4, -0.2) is 27.7 Å². The van der Waals surface area contributed by atoms with Crippen LogP contribution in [0.2, 0.25) is 0 Å². The number of fused-ring (bicyclic) bond motifs is 3. The monoisotopic (exact) mass is 282 g/mol. The summed E-state index contributed by atoms with van der Waals surface area (Å²) < 4.78 is 0. The van der Waals surface area contributed by atoms with E-state index in [1.54, 1.807) is 6.92 Å². The van der Waals surface area contributed by atoms with Gasteiger partial charge in [-0.15, -0.1) is 0 Å². The molecule has 1 aliphatic heterocycles. The Morgan fingerprint density at radius 2 is 1.81 bits per heavy atom. The smallest absolute Gasteiger partial charge is 0.263 e. The summed E-state index contributed by atoms with van der Waals surface area (Å²) in [6, 6.07) is 7.41. The molecule has 3 rings (SSSR count). The number of nitrogens with zero attached hydrogens (tertiary/aromatic N) is 2. The summed E-state index contributed by atoms with van der Waals surface area (Å²) >= 11 is 0. The summed E-state index contributed by atoms with van der Waals surface area (Å²) in [5.74, 6) is -0.385. The first-order valence-corrected chi connectivity index (χ1v) is 7.33. The molecule has 0 aliphatic carbocycles. The van der Waals surface area contributed by atoms with Gasteiger partial charge in [0.05, 0.1) is 22.3 Å². The van der Waals surface area contributed by atoms with Gasteiger partial charge in [-0.25, -0.2) is 0 Å². The molecule has 108 valence electrons. The molecule has 2 aromatic rings. The standard InChI is InChI=1S/C17H18N2O2/c1-4-7-10(2)19-16(20)14-11(3)18-13-9-6-5-8-12(13)15(14)17(19)21/h5-6,8-10H,4,7H2,1-3H3/t10-/m0/s1. The predicted molar refractivity (Wildman–Crippen MR) is 81.4 cm³/mol. The largest absolute Gasteiger partial charge is 0.271 e. The number of para-hydroxylation sites is 1. The fourth-order valence-electron chi connectivity index (χ4n) is 3.10. The highest BCUT2D eigenvalue weighted by Gasteiger charge is 2.41. The van der Waals surface area contributed by atoms with Crippen LogP contribution in [-0.2, 0) is 0 Å². The maximum atomic E-state index is 12.8. The molecule has 0 unspecified atom stereocenters. The highest BCUT2D eigenvalue weighted by atomic mass is 16.2. The number of hydrogen-bond acceptors (Lipinski definition) is 3. The Labute approximate surface area is 123 Å². The van der Waals surface area contributed by atoms with E-state index in [0.717, 1.165) is 23.7 Å². The number of pyridine rings is 1. The van der Waals surface area contributed by atoms with Crippen LogP contribution in [0.1, 0.15) is 53.1 Å². The van der Waals surface area contributed by atoms with Crippen LogP contribution in [0.4, 0.5) is 0 Å². The van der Waals surface area contributed by atoms with E-state index in [1.807, 2.05) is 31.2 Å². The van der Waals surface area contributed by atoms with Gasteiger partial charge in [-0.05, 0) is 26.3 Å². The molecule has 0 fully saturated rings. The molecule has 0 spiro atoms. The Morgan fingerprint density at radius 3 is 2.52 bits per heavy atom. The van der Waals surface area contributed by atoms with E-state index in [-0.39, 0.29) is 17.9 Å². The molecular weight excluding hydrogens is 264 g/mol. The number of carbonyl (C=O) groups excluding carboxylic acids is 2. The quantitative estimate of drug-likeness (QED) is 0.811. The molecule has 0 saturated carbocycles. The molecule has 1 aromatic heterocycles. The SMILES string of the molecule is CCC[C@H](C)N1C(=O)c2c(C)nc3ccccc3c2C1=O. The predicted octanol–water partition coefficient (Wildman–Crippen LogP) is 3.33. The fraction of sp³-hybridized carbons (Fsp3) is 0.353. The highest BCUT2D eigenvalue weighted by molar-refractivity contribution is 6.26. The van der Waals surface area contributed by atoms with E-state index < -0.39 is 0 Å². The third-order valence-corrected chi connectivity index (χ3v) is 4.09.